The topological polar surface area (TPSA) is 126 Å². The van der Waals surface area contributed by atoms with Crippen LogP contribution in [0, 0.1) is 0 Å². The molecule has 1 unspecified atom stereocenters. The van der Waals surface area contributed by atoms with Crippen molar-refractivity contribution in [2.75, 3.05) is 13.1 Å². The van der Waals surface area contributed by atoms with E-state index in [2.05, 4.69) is 20.8 Å². The first kappa shape index (κ1) is 24.7. The molecular formula is C21H26N6O4S2. The number of hydrogen-bond donors (Lipinski definition) is 2. The Labute approximate surface area is 196 Å². The number of sulfonamides is 1. The SMILES string of the molecule is CCN(CC)S(=O)(=O)c1ccc2nnc(SC(C)C(=O)NC(=O)NCc3ccccc3)n2c1. The zero-order valence-corrected chi connectivity index (χ0v) is 20.2. The van der Waals surface area contributed by atoms with E-state index in [-0.39, 0.29) is 4.90 Å². The van der Waals surface area contributed by atoms with Gasteiger partial charge in [-0.05, 0) is 24.6 Å². The van der Waals surface area contributed by atoms with E-state index in [1.807, 2.05) is 30.3 Å². The minimum absolute atomic E-state index is 0.109. The number of aromatic nitrogens is 3. The largest absolute Gasteiger partial charge is 0.334 e. The number of nitrogens with zero attached hydrogens (tertiary/aromatic N) is 4. The highest BCUT2D eigenvalue weighted by Gasteiger charge is 2.24. The maximum absolute atomic E-state index is 12.8. The number of benzene rings is 1. The molecule has 3 rings (SSSR count). The van der Waals surface area contributed by atoms with Crippen molar-refractivity contribution >= 4 is 39.4 Å². The number of fused-ring (bicyclic) bond motifs is 1. The molecule has 0 aliphatic rings. The highest BCUT2D eigenvalue weighted by molar-refractivity contribution is 8.00. The second-order valence-electron chi connectivity index (χ2n) is 7.08. The second kappa shape index (κ2) is 10.8. The summed E-state index contributed by atoms with van der Waals surface area (Å²) < 4.78 is 28.6. The molecule has 0 aliphatic carbocycles. The van der Waals surface area contributed by atoms with Crippen LogP contribution in [0.4, 0.5) is 4.79 Å². The predicted molar refractivity (Wildman–Crippen MR) is 125 cm³/mol. The van der Waals surface area contributed by atoms with Crippen LogP contribution >= 0.6 is 11.8 Å². The quantitative estimate of drug-likeness (QED) is 0.441. The Morgan fingerprint density at radius 3 is 2.45 bits per heavy atom. The number of carbonyl (C=O) groups excluding carboxylic acids is 2. The van der Waals surface area contributed by atoms with Crippen LogP contribution < -0.4 is 10.6 Å². The molecule has 176 valence electrons. The van der Waals surface area contributed by atoms with Gasteiger partial charge in [-0.15, -0.1) is 10.2 Å². The number of carbonyl (C=O) groups is 2. The third kappa shape index (κ3) is 5.89. The molecule has 0 spiro atoms. The lowest BCUT2D eigenvalue weighted by atomic mass is 10.2. The van der Waals surface area contributed by atoms with Gasteiger partial charge in [0.05, 0.1) is 10.1 Å². The molecule has 2 aromatic heterocycles. The van der Waals surface area contributed by atoms with Crippen molar-refractivity contribution in [2.45, 2.75) is 42.6 Å². The molecule has 1 atom stereocenters. The number of imide groups is 1. The van der Waals surface area contributed by atoms with Crippen molar-refractivity contribution in [2.24, 2.45) is 0 Å². The van der Waals surface area contributed by atoms with Crippen LogP contribution in [0.5, 0.6) is 0 Å². The van der Waals surface area contributed by atoms with Gasteiger partial charge in [-0.2, -0.15) is 4.31 Å². The summed E-state index contributed by atoms with van der Waals surface area (Å²) in [6.45, 7) is 6.17. The summed E-state index contributed by atoms with van der Waals surface area (Å²) in [5.74, 6) is -0.505. The third-order valence-corrected chi connectivity index (χ3v) is 7.96. The number of rotatable bonds is 9. The van der Waals surface area contributed by atoms with E-state index in [0.717, 1.165) is 17.3 Å². The summed E-state index contributed by atoms with van der Waals surface area (Å²) in [5.41, 5.74) is 1.36. The number of urea groups is 1. The van der Waals surface area contributed by atoms with E-state index in [0.29, 0.717) is 30.4 Å². The Balaban J connectivity index is 1.68. The van der Waals surface area contributed by atoms with Gasteiger partial charge in [0.2, 0.25) is 15.9 Å². The molecule has 0 aliphatic heterocycles. The normalized spacial score (nSPS) is 12.6. The number of nitrogens with one attached hydrogen (secondary N) is 2. The fourth-order valence-electron chi connectivity index (χ4n) is 3.04. The van der Waals surface area contributed by atoms with Crippen molar-refractivity contribution in [1.82, 2.24) is 29.5 Å². The molecule has 2 heterocycles. The van der Waals surface area contributed by atoms with Gasteiger partial charge < -0.3 is 5.32 Å². The number of pyridine rings is 1. The van der Waals surface area contributed by atoms with Crippen molar-refractivity contribution in [1.29, 1.82) is 0 Å². The van der Waals surface area contributed by atoms with Crippen molar-refractivity contribution in [3.8, 4) is 0 Å². The van der Waals surface area contributed by atoms with Crippen LogP contribution in [-0.2, 0) is 21.4 Å². The molecule has 0 bridgehead atoms. The maximum atomic E-state index is 12.8. The first-order valence-corrected chi connectivity index (χ1v) is 12.7. The number of amides is 3. The van der Waals surface area contributed by atoms with Crippen molar-refractivity contribution in [3.05, 3.63) is 54.2 Å². The highest BCUT2D eigenvalue weighted by atomic mass is 32.2. The van der Waals surface area contributed by atoms with E-state index in [9.17, 15) is 18.0 Å². The smallest absolute Gasteiger partial charge is 0.321 e. The molecule has 33 heavy (non-hydrogen) atoms. The Kier molecular flexibility index (Phi) is 8.06. The van der Waals surface area contributed by atoms with Crippen LogP contribution in [0.15, 0.2) is 58.7 Å². The predicted octanol–water partition coefficient (Wildman–Crippen LogP) is 2.27. The highest BCUT2D eigenvalue weighted by Crippen LogP contribution is 2.24. The summed E-state index contributed by atoms with van der Waals surface area (Å²) in [5, 5.41) is 12.7. The monoisotopic (exact) mass is 490 g/mol. The summed E-state index contributed by atoms with van der Waals surface area (Å²) in [4.78, 5) is 24.6. The van der Waals surface area contributed by atoms with E-state index in [1.165, 1.54) is 21.0 Å². The minimum Gasteiger partial charge on any atom is -0.334 e. The molecular weight excluding hydrogens is 464 g/mol. The average molecular weight is 491 g/mol. The first-order valence-electron chi connectivity index (χ1n) is 10.4. The Morgan fingerprint density at radius 1 is 1.09 bits per heavy atom. The van der Waals surface area contributed by atoms with E-state index < -0.39 is 27.2 Å². The molecule has 1 aromatic carbocycles. The van der Waals surface area contributed by atoms with Crippen LogP contribution in [0.3, 0.4) is 0 Å². The molecule has 2 N–H and O–H groups in total. The van der Waals surface area contributed by atoms with Gasteiger partial charge in [0, 0.05) is 25.8 Å². The van der Waals surface area contributed by atoms with Gasteiger partial charge in [0.1, 0.15) is 0 Å². The lowest BCUT2D eigenvalue weighted by molar-refractivity contribution is -0.119. The lowest BCUT2D eigenvalue weighted by Crippen LogP contribution is -2.42. The standard InChI is InChI=1S/C21H26N6O4S2/c1-4-26(5-2)33(30,31)17-11-12-18-24-25-21(27(18)14-17)32-15(3)19(28)23-20(29)22-13-16-9-7-6-8-10-16/h6-12,14-15H,4-5,13H2,1-3H3,(H2,22,23,28,29). The van der Waals surface area contributed by atoms with Crippen molar-refractivity contribution in [3.63, 3.8) is 0 Å². The number of thioether (sulfide) groups is 1. The molecule has 0 fully saturated rings. The third-order valence-electron chi connectivity index (χ3n) is 4.87. The van der Waals surface area contributed by atoms with Crippen molar-refractivity contribution < 1.29 is 18.0 Å². The average Bonchev–Trinajstić information content (AvgIpc) is 3.21. The van der Waals surface area contributed by atoms with Gasteiger partial charge in [-0.3, -0.25) is 14.5 Å². The van der Waals surface area contributed by atoms with E-state index >= 15 is 0 Å². The fraction of sp³-hybridized carbons (Fsp3) is 0.333. The summed E-state index contributed by atoms with van der Waals surface area (Å²) in [6.07, 6.45) is 1.45. The van der Waals surface area contributed by atoms with Gasteiger partial charge in [-0.25, -0.2) is 13.2 Å². The van der Waals surface area contributed by atoms with E-state index in [1.54, 1.807) is 26.8 Å². The Bertz CT molecular complexity index is 1230. The van der Waals surface area contributed by atoms with Crippen LogP contribution in [0.25, 0.3) is 5.65 Å². The zero-order chi connectivity index (χ0) is 24.0. The van der Waals surface area contributed by atoms with E-state index in [4.69, 9.17) is 0 Å². The van der Waals surface area contributed by atoms with Crippen LogP contribution in [-0.4, -0.2) is 57.6 Å². The van der Waals surface area contributed by atoms with Crippen LogP contribution in [0.1, 0.15) is 26.3 Å². The molecule has 10 nitrogen and oxygen atoms in total. The molecule has 0 saturated carbocycles. The van der Waals surface area contributed by atoms with Crippen LogP contribution in [0.2, 0.25) is 0 Å². The summed E-state index contributed by atoms with van der Waals surface area (Å²) in [7, 11) is -3.66. The Morgan fingerprint density at radius 2 is 1.79 bits per heavy atom. The first-order chi connectivity index (χ1) is 15.8. The van der Waals surface area contributed by atoms with Gasteiger partial charge in [-0.1, -0.05) is 55.9 Å². The summed E-state index contributed by atoms with van der Waals surface area (Å²) in [6, 6.07) is 11.8. The minimum atomic E-state index is -3.66. The second-order valence-corrected chi connectivity index (χ2v) is 10.3. The van der Waals surface area contributed by atoms with Gasteiger partial charge in [0.25, 0.3) is 0 Å². The number of hydrogen-bond acceptors (Lipinski definition) is 7. The maximum Gasteiger partial charge on any atom is 0.321 e. The fourth-order valence-corrected chi connectivity index (χ4v) is 5.33. The van der Waals surface area contributed by atoms with Gasteiger partial charge >= 0.3 is 6.03 Å². The summed E-state index contributed by atoms with van der Waals surface area (Å²) >= 11 is 1.07. The van der Waals surface area contributed by atoms with Gasteiger partial charge in [0.15, 0.2) is 10.8 Å². The molecule has 12 heteroatoms. The Hall–Kier alpha value is -2.96. The molecule has 0 saturated heterocycles. The zero-order valence-electron chi connectivity index (χ0n) is 18.6. The lowest BCUT2D eigenvalue weighted by Gasteiger charge is -2.18. The molecule has 3 aromatic rings. The molecule has 0 radical (unpaired) electrons. The molecule has 3 amide bonds.